The van der Waals surface area contributed by atoms with Crippen LogP contribution in [0, 0.1) is 5.41 Å². The lowest BCUT2D eigenvalue weighted by atomic mass is 9.94. The highest BCUT2D eigenvalue weighted by Gasteiger charge is 2.22. The zero-order chi connectivity index (χ0) is 15.5. The molecule has 1 aromatic carbocycles. The zero-order valence-corrected chi connectivity index (χ0v) is 15.7. The van der Waals surface area contributed by atoms with Crippen molar-refractivity contribution in [2.24, 2.45) is 5.41 Å². The van der Waals surface area contributed by atoms with Gasteiger partial charge in [0.1, 0.15) is 0 Å². The summed E-state index contributed by atoms with van der Waals surface area (Å²) in [6.45, 7) is 10.2. The molecular formula is C17H28Cl2N2O2. The van der Waals surface area contributed by atoms with Gasteiger partial charge in [-0.1, -0.05) is 20.8 Å². The number of rotatable bonds is 4. The van der Waals surface area contributed by atoms with Crippen LogP contribution in [0.5, 0.6) is 0 Å². The van der Waals surface area contributed by atoms with Crippen molar-refractivity contribution in [3.05, 3.63) is 29.8 Å². The van der Waals surface area contributed by atoms with Crippen molar-refractivity contribution in [1.29, 1.82) is 0 Å². The van der Waals surface area contributed by atoms with E-state index in [2.05, 4.69) is 31.0 Å². The number of nitrogens with one attached hydrogen (secondary N) is 1. The molecule has 0 spiro atoms. The average Bonchev–Trinajstić information content (AvgIpc) is 2.40. The molecule has 0 saturated carbocycles. The lowest BCUT2D eigenvalue weighted by Crippen LogP contribution is -2.42. The summed E-state index contributed by atoms with van der Waals surface area (Å²) < 4.78 is 0. The van der Waals surface area contributed by atoms with Gasteiger partial charge in [-0.15, -0.1) is 24.8 Å². The van der Waals surface area contributed by atoms with Gasteiger partial charge in [0.25, 0.3) is 0 Å². The van der Waals surface area contributed by atoms with Gasteiger partial charge in [0.15, 0.2) is 0 Å². The fourth-order valence-electron chi connectivity index (χ4n) is 2.85. The molecule has 4 nitrogen and oxygen atoms in total. The molecule has 0 amide bonds. The molecule has 0 radical (unpaired) electrons. The van der Waals surface area contributed by atoms with Crippen LogP contribution >= 0.6 is 24.8 Å². The number of likely N-dealkylation sites (tertiary alicyclic amines) is 1. The smallest absolute Gasteiger partial charge is 0.335 e. The van der Waals surface area contributed by atoms with Gasteiger partial charge in [-0.25, -0.2) is 4.79 Å². The summed E-state index contributed by atoms with van der Waals surface area (Å²) in [5.74, 6) is -0.878. The predicted octanol–water partition coefficient (Wildman–Crippen LogP) is 4.15. The first-order valence-corrected chi connectivity index (χ1v) is 7.66. The minimum Gasteiger partial charge on any atom is -0.478 e. The molecule has 1 aliphatic heterocycles. The van der Waals surface area contributed by atoms with Crippen molar-refractivity contribution in [3.63, 3.8) is 0 Å². The number of nitrogens with zero attached hydrogens (tertiary/aromatic N) is 1. The molecule has 0 aromatic heterocycles. The molecule has 1 saturated heterocycles. The van der Waals surface area contributed by atoms with Crippen LogP contribution in [0.2, 0.25) is 0 Å². The minimum atomic E-state index is -0.878. The number of halogens is 2. The molecule has 0 atom stereocenters. The number of hydrogen-bond donors (Lipinski definition) is 2. The van der Waals surface area contributed by atoms with Crippen LogP contribution in [0.25, 0.3) is 0 Å². The molecule has 1 fully saturated rings. The number of piperidine rings is 1. The van der Waals surface area contributed by atoms with Crippen LogP contribution in [0.1, 0.15) is 44.0 Å². The third kappa shape index (κ3) is 7.42. The molecule has 0 aliphatic carbocycles. The molecule has 0 unspecified atom stereocenters. The second kappa shape index (κ2) is 9.36. The van der Waals surface area contributed by atoms with Crippen LogP contribution in [-0.2, 0) is 0 Å². The average molecular weight is 363 g/mol. The van der Waals surface area contributed by atoms with Crippen molar-refractivity contribution in [2.75, 3.05) is 25.0 Å². The van der Waals surface area contributed by atoms with E-state index >= 15 is 0 Å². The van der Waals surface area contributed by atoms with Gasteiger partial charge >= 0.3 is 5.97 Å². The maximum atomic E-state index is 10.8. The molecule has 1 heterocycles. The highest BCUT2D eigenvalue weighted by molar-refractivity contribution is 5.88. The fraction of sp³-hybridized carbons (Fsp3) is 0.588. The Labute approximate surface area is 151 Å². The summed E-state index contributed by atoms with van der Waals surface area (Å²) >= 11 is 0. The topological polar surface area (TPSA) is 52.6 Å². The monoisotopic (exact) mass is 362 g/mol. The number of benzene rings is 1. The first-order chi connectivity index (χ1) is 9.83. The van der Waals surface area contributed by atoms with E-state index in [1.54, 1.807) is 12.1 Å². The third-order valence-corrected chi connectivity index (χ3v) is 3.79. The predicted molar refractivity (Wildman–Crippen MR) is 100 cm³/mol. The maximum Gasteiger partial charge on any atom is 0.335 e. The van der Waals surface area contributed by atoms with E-state index in [1.807, 2.05) is 12.1 Å². The Morgan fingerprint density at radius 1 is 1.17 bits per heavy atom. The molecule has 1 aromatic rings. The first-order valence-electron chi connectivity index (χ1n) is 7.66. The number of anilines is 1. The third-order valence-electron chi connectivity index (χ3n) is 3.79. The zero-order valence-electron chi connectivity index (χ0n) is 14.0. The molecule has 2 N–H and O–H groups in total. The van der Waals surface area contributed by atoms with E-state index < -0.39 is 5.97 Å². The molecule has 6 heteroatoms. The van der Waals surface area contributed by atoms with Crippen LogP contribution in [0.3, 0.4) is 0 Å². The summed E-state index contributed by atoms with van der Waals surface area (Å²) in [5, 5.41) is 12.4. The van der Waals surface area contributed by atoms with Crippen LogP contribution < -0.4 is 5.32 Å². The summed E-state index contributed by atoms with van der Waals surface area (Å²) in [4.78, 5) is 13.4. The quantitative estimate of drug-likeness (QED) is 0.844. The normalized spacial score (nSPS) is 16.1. The van der Waals surface area contributed by atoms with Crippen LogP contribution in [0.15, 0.2) is 24.3 Å². The Hall–Kier alpha value is -0.970. The molecule has 2 rings (SSSR count). The number of carbonyl (C=O) groups is 1. The van der Waals surface area contributed by atoms with Crippen LogP contribution in [-0.4, -0.2) is 41.7 Å². The van der Waals surface area contributed by atoms with Gasteiger partial charge in [-0.05, 0) is 42.5 Å². The molecule has 0 bridgehead atoms. The molecular weight excluding hydrogens is 335 g/mol. The SMILES string of the molecule is CC(C)(C)CN1CCC(Nc2ccc(C(=O)O)cc2)CC1.Cl.Cl. The van der Waals surface area contributed by atoms with E-state index in [9.17, 15) is 4.79 Å². The van der Waals surface area contributed by atoms with Gasteiger partial charge in [0.2, 0.25) is 0 Å². The molecule has 23 heavy (non-hydrogen) atoms. The Bertz CT molecular complexity index is 478. The Morgan fingerprint density at radius 2 is 1.70 bits per heavy atom. The standard InChI is InChI=1S/C17H26N2O2.2ClH/c1-17(2,3)12-19-10-8-15(9-11-19)18-14-6-4-13(5-7-14)16(20)21;;/h4-7,15,18H,8-12H2,1-3H3,(H,20,21);2*1H. The number of aromatic carboxylic acids is 1. The second-order valence-corrected chi connectivity index (χ2v) is 7.14. The summed E-state index contributed by atoms with van der Waals surface area (Å²) in [6, 6.07) is 7.49. The lowest BCUT2D eigenvalue weighted by Gasteiger charge is -2.36. The highest BCUT2D eigenvalue weighted by Crippen LogP contribution is 2.21. The van der Waals surface area contributed by atoms with Crippen molar-refractivity contribution >= 4 is 36.5 Å². The number of carboxylic acid groups (broad SMARTS) is 1. The largest absolute Gasteiger partial charge is 0.478 e. The van der Waals surface area contributed by atoms with Gasteiger partial charge in [0.05, 0.1) is 5.56 Å². The van der Waals surface area contributed by atoms with Crippen molar-refractivity contribution in [3.8, 4) is 0 Å². The van der Waals surface area contributed by atoms with E-state index in [0.29, 0.717) is 17.0 Å². The molecule has 1 aliphatic rings. The minimum absolute atomic E-state index is 0. The fourth-order valence-corrected chi connectivity index (χ4v) is 2.85. The van der Waals surface area contributed by atoms with Gasteiger partial charge < -0.3 is 15.3 Å². The van der Waals surface area contributed by atoms with E-state index in [1.165, 1.54) is 0 Å². The first kappa shape index (κ1) is 22.0. The van der Waals surface area contributed by atoms with Crippen molar-refractivity contribution < 1.29 is 9.90 Å². The Morgan fingerprint density at radius 3 is 2.13 bits per heavy atom. The van der Waals surface area contributed by atoms with Gasteiger partial charge in [-0.3, -0.25) is 0 Å². The van der Waals surface area contributed by atoms with E-state index in [0.717, 1.165) is 38.2 Å². The van der Waals surface area contributed by atoms with Gasteiger partial charge in [-0.2, -0.15) is 0 Å². The van der Waals surface area contributed by atoms with Crippen LogP contribution in [0.4, 0.5) is 5.69 Å². The second-order valence-electron chi connectivity index (χ2n) is 7.14. The van der Waals surface area contributed by atoms with Crippen molar-refractivity contribution in [1.82, 2.24) is 4.90 Å². The summed E-state index contributed by atoms with van der Waals surface area (Å²) in [6.07, 6.45) is 2.27. The van der Waals surface area contributed by atoms with E-state index in [-0.39, 0.29) is 24.8 Å². The Kier molecular flexibility index (Phi) is 8.96. The lowest BCUT2D eigenvalue weighted by molar-refractivity contribution is 0.0697. The van der Waals surface area contributed by atoms with Crippen molar-refractivity contribution in [2.45, 2.75) is 39.7 Å². The van der Waals surface area contributed by atoms with Gasteiger partial charge in [0, 0.05) is 31.4 Å². The number of carboxylic acids is 1. The highest BCUT2D eigenvalue weighted by atomic mass is 35.5. The number of hydrogen-bond acceptors (Lipinski definition) is 3. The summed E-state index contributed by atoms with van der Waals surface area (Å²) in [7, 11) is 0. The molecule has 132 valence electrons. The Balaban J connectivity index is 0.00000242. The van der Waals surface area contributed by atoms with E-state index in [4.69, 9.17) is 5.11 Å². The maximum absolute atomic E-state index is 10.8. The summed E-state index contributed by atoms with van der Waals surface area (Å²) in [5.41, 5.74) is 1.70.